The van der Waals surface area contributed by atoms with E-state index in [4.69, 9.17) is 4.74 Å². The van der Waals surface area contributed by atoms with Crippen molar-refractivity contribution in [2.24, 2.45) is 0 Å². The topological polar surface area (TPSA) is 56.2 Å². The van der Waals surface area contributed by atoms with Gasteiger partial charge in [0, 0.05) is 24.5 Å². The molecule has 0 aliphatic rings. The molecule has 0 bridgehead atoms. The molecule has 1 amide bonds. The molecule has 0 aliphatic heterocycles. The fourth-order valence-corrected chi connectivity index (χ4v) is 1.83. The maximum Gasteiger partial charge on any atom is 0.244 e. The van der Waals surface area contributed by atoms with Crippen molar-refractivity contribution < 1.29 is 9.53 Å². The Morgan fingerprint density at radius 3 is 2.74 bits per heavy atom. The van der Waals surface area contributed by atoms with Crippen molar-refractivity contribution in [1.82, 2.24) is 9.55 Å². The Balaban J connectivity index is 1.97. The van der Waals surface area contributed by atoms with E-state index in [1.54, 1.807) is 13.3 Å². The highest BCUT2D eigenvalue weighted by atomic mass is 16.5. The number of rotatable bonds is 5. The van der Waals surface area contributed by atoms with Gasteiger partial charge in [-0.2, -0.15) is 0 Å². The molecule has 19 heavy (non-hydrogen) atoms. The average molecular weight is 259 g/mol. The monoisotopic (exact) mass is 259 g/mol. The second-order valence-corrected chi connectivity index (χ2v) is 4.10. The maximum atomic E-state index is 11.9. The third-order valence-corrected chi connectivity index (χ3v) is 2.81. The molecule has 0 radical (unpaired) electrons. The van der Waals surface area contributed by atoms with Gasteiger partial charge in [0.05, 0.1) is 7.11 Å². The number of ether oxygens (including phenoxy) is 1. The summed E-state index contributed by atoms with van der Waals surface area (Å²) in [6, 6.07) is 7.24. The minimum Gasteiger partial charge on any atom is -0.497 e. The normalized spacial score (nSPS) is 10.2. The smallest absolute Gasteiger partial charge is 0.244 e. The van der Waals surface area contributed by atoms with E-state index in [1.165, 1.54) is 0 Å². The Kier molecular flexibility index (Phi) is 4.18. The molecule has 100 valence electrons. The number of anilines is 1. The fraction of sp³-hybridized carbons (Fsp3) is 0.286. The van der Waals surface area contributed by atoms with Crippen LogP contribution in [-0.2, 0) is 17.8 Å². The Hall–Kier alpha value is -2.30. The molecular formula is C14H17N3O2. The summed E-state index contributed by atoms with van der Waals surface area (Å²) in [5.41, 5.74) is 0.754. The van der Waals surface area contributed by atoms with Crippen molar-refractivity contribution in [3.63, 3.8) is 0 Å². The largest absolute Gasteiger partial charge is 0.497 e. The van der Waals surface area contributed by atoms with Gasteiger partial charge in [0.25, 0.3) is 0 Å². The number of nitrogens with one attached hydrogen (secondary N) is 1. The van der Waals surface area contributed by atoms with Crippen LogP contribution in [0.25, 0.3) is 0 Å². The van der Waals surface area contributed by atoms with Gasteiger partial charge >= 0.3 is 0 Å². The molecule has 5 heteroatoms. The molecule has 1 heterocycles. The van der Waals surface area contributed by atoms with Crippen LogP contribution < -0.4 is 10.1 Å². The summed E-state index contributed by atoms with van der Waals surface area (Å²) in [5.74, 6) is 1.60. The number of methoxy groups -OCH3 is 1. The van der Waals surface area contributed by atoms with Crippen LogP contribution in [0.2, 0.25) is 0 Å². The van der Waals surface area contributed by atoms with Crippen LogP contribution in [0.15, 0.2) is 36.7 Å². The van der Waals surface area contributed by atoms with E-state index >= 15 is 0 Å². The first-order valence-electron chi connectivity index (χ1n) is 6.17. The third kappa shape index (κ3) is 3.34. The molecule has 2 rings (SSSR count). The summed E-state index contributed by atoms with van der Waals surface area (Å²) in [4.78, 5) is 16.1. The zero-order valence-corrected chi connectivity index (χ0v) is 11.1. The number of aryl methyl sites for hydroxylation is 1. The molecule has 0 fully saturated rings. The predicted octanol–water partition coefficient (Wildman–Crippen LogP) is 2.09. The van der Waals surface area contributed by atoms with Gasteiger partial charge in [-0.1, -0.05) is 6.92 Å². The molecule has 0 atom stereocenters. The number of aromatic nitrogens is 2. The van der Waals surface area contributed by atoms with Gasteiger partial charge in [0.15, 0.2) is 0 Å². The molecule has 0 saturated heterocycles. The highest BCUT2D eigenvalue weighted by Crippen LogP contribution is 2.15. The number of carbonyl (C=O) groups is 1. The first kappa shape index (κ1) is 13.1. The molecule has 2 aromatic rings. The van der Waals surface area contributed by atoms with Crippen molar-refractivity contribution in [1.29, 1.82) is 0 Å². The second kappa shape index (κ2) is 6.04. The van der Waals surface area contributed by atoms with E-state index in [2.05, 4.69) is 10.3 Å². The zero-order valence-electron chi connectivity index (χ0n) is 11.1. The van der Waals surface area contributed by atoms with E-state index in [-0.39, 0.29) is 12.5 Å². The lowest BCUT2D eigenvalue weighted by Crippen LogP contribution is -2.19. The molecule has 0 aliphatic carbocycles. The summed E-state index contributed by atoms with van der Waals surface area (Å²) >= 11 is 0. The van der Waals surface area contributed by atoms with Crippen LogP contribution in [-0.4, -0.2) is 22.6 Å². The number of carbonyl (C=O) groups excluding carboxylic acids is 1. The minimum absolute atomic E-state index is 0.0714. The highest BCUT2D eigenvalue weighted by Gasteiger charge is 2.06. The third-order valence-electron chi connectivity index (χ3n) is 2.81. The van der Waals surface area contributed by atoms with Crippen molar-refractivity contribution in [3.05, 3.63) is 42.5 Å². The summed E-state index contributed by atoms with van der Waals surface area (Å²) < 4.78 is 6.91. The van der Waals surface area contributed by atoms with E-state index in [9.17, 15) is 4.79 Å². The molecule has 0 unspecified atom stereocenters. The first-order chi connectivity index (χ1) is 9.22. The number of nitrogens with zero attached hydrogens (tertiary/aromatic N) is 2. The van der Waals surface area contributed by atoms with Crippen molar-refractivity contribution in [2.45, 2.75) is 19.9 Å². The minimum atomic E-state index is -0.0714. The lowest BCUT2D eigenvalue weighted by Gasteiger charge is -2.08. The standard InChI is InChI=1S/C14H17N3O2/c1-3-13-15-8-9-17(13)10-14(18)16-11-4-6-12(19-2)7-5-11/h4-9H,3,10H2,1-2H3,(H,16,18). The van der Waals surface area contributed by atoms with E-state index in [1.807, 2.05) is 42.0 Å². The van der Waals surface area contributed by atoms with Gasteiger partial charge in [0.1, 0.15) is 18.1 Å². The number of imidazole rings is 1. The van der Waals surface area contributed by atoms with Gasteiger partial charge in [-0.25, -0.2) is 4.98 Å². The molecule has 0 saturated carbocycles. The Morgan fingerprint density at radius 2 is 2.11 bits per heavy atom. The van der Waals surface area contributed by atoms with Crippen LogP contribution in [0.3, 0.4) is 0 Å². The fourth-order valence-electron chi connectivity index (χ4n) is 1.83. The van der Waals surface area contributed by atoms with E-state index in [0.29, 0.717) is 0 Å². The number of benzene rings is 1. The van der Waals surface area contributed by atoms with Gasteiger partial charge in [-0.3, -0.25) is 4.79 Å². The van der Waals surface area contributed by atoms with Gasteiger partial charge in [-0.15, -0.1) is 0 Å². The molecular weight excluding hydrogens is 242 g/mol. The molecule has 1 N–H and O–H groups in total. The Morgan fingerprint density at radius 1 is 1.37 bits per heavy atom. The zero-order chi connectivity index (χ0) is 13.7. The summed E-state index contributed by atoms with van der Waals surface area (Å²) in [5, 5.41) is 2.84. The Bertz CT molecular complexity index is 546. The average Bonchev–Trinajstić information content (AvgIpc) is 2.86. The van der Waals surface area contributed by atoms with Crippen molar-refractivity contribution >= 4 is 11.6 Å². The quantitative estimate of drug-likeness (QED) is 0.894. The van der Waals surface area contributed by atoms with Crippen molar-refractivity contribution in [3.8, 4) is 5.75 Å². The van der Waals surface area contributed by atoms with E-state index in [0.717, 1.165) is 23.7 Å². The highest BCUT2D eigenvalue weighted by molar-refractivity contribution is 5.90. The SMILES string of the molecule is CCc1nccn1CC(=O)Nc1ccc(OC)cc1. The van der Waals surface area contributed by atoms with Gasteiger partial charge in [0.2, 0.25) is 5.91 Å². The lowest BCUT2D eigenvalue weighted by atomic mass is 10.3. The van der Waals surface area contributed by atoms with Crippen LogP contribution in [0.5, 0.6) is 5.75 Å². The predicted molar refractivity (Wildman–Crippen MR) is 73.2 cm³/mol. The van der Waals surface area contributed by atoms with Crippen LogP contribution in [0.4, 0.5) is 5.69 Å². The molecule has 1 aromatic heterocycles. The van der Waals surface area contributed by atoms with Crippen molar-refractivity contribution in [2.75, 3.05) is 12.4 Å². The maximum absolute atomic E-state index is 11.9. The summed E-state index contributed by atoms with van der Waals surface area (Å²) in [6.07, 6.45) is 4.33. The first-order valence-corrected chi connectivity index (χ1v) is 6.17. The van der Waals surface area contributed by atoms with Crippen LogP contribution >= 0.6 is 0 Å². The molecule has 1 aromatic carbocycles. The second-order valence-electron chi connectivity index (χ2n) is 4.10. The summed E-state index contributed by atoms with van der Waals surface area (Å²) in [7, 11) is 1.61. The van der Waals surface area contributed by atoms with E-state index < -0.39 is 0 Å². The molecule has 0 spiro atoms. The number of hydrogen-bond donors (Lipinski definition) is 1. The van der Waals surface area contributed by atoms with Crippen LogP contribution in [0, 0.1) is 0 Å². The molecule has 5 nitrogen and oxygen atoms in total. The summed E-state index contributed by atoms with van der Waals surface area (Å²) in [6.45, 7) is 2.29. The van der Waals surface area contributed by atoms with Gasteiger partial charge in [-0.05, 0) is 24.3 Å². The Labute approximate surface area is 112 Å². The number of hydrogen-bond acceptors (Lipinski definition) is 3. The van der Waals surface area contributed by atoms with Crippen LogP contribution in [0.1, 0.15) is 12.7 Å². The number of amides is 1. The van der Waals surface area contributed by atoms with Gasteiger partial charge < -0.3 is 14.6 Å². The lowest BCUT2D eigenvalue weighted by molar-refractivity contribution is -0.116.